The van der Waals surface area contributed by atoms with Gasteiger partial charge in [-0.05, 0) is 43.4 Å². The number of carbonyl (C=O) groups excluding carboxylic acids is 1. The number of hydrogen-bond acceptors (Lipinski definition) is 5. The van der Waals surface area contributed by atoms with E-state index in [-0.39, 0.29) is 17.9 Å². The molecule has 0 saturated heterocycles. The molecule has 3 N–H and O–H groups in total. The minimum Gasteiger partial charge on any atom is -0.544 e. The summed E-state index contributed by atoms with van der Waals surface area (Å²) in [5, 5.41) is 23.9. The lowest BCUT2D eigenvalue weighted by atomic mass is 9.90. The SMILES string of the molecule is CCC[C@@H]([NH2+]Cc1c(O)ccc2c3c(c(=O)oc12)CCCC3)C(=O)[O-]. The monoisotopic (exact) mass is 345 g/mol. The van der Waals surface area contributed by atoms with Crippen molar-refractivity contribution >= 4 is 16.9 Å². The van der Waals surface area contributed by atoms with Crippen molar-refractivity contribution in [1.82, 2.24) is 0 Å². The van der Waals surface area contributed by atoms with Crippen molar-refractivity contribution in [3.05, 3.63) is 39.2 Å². The summed E-state index contributed by atoms with van der Waals surface area (Å²) in [4.78, 5) is 23.6. The molecule has 0 spiro atoms. The number of carboxylic acids is 1. The number of nitrogens with two attached hydrogens (primary N) is 1. The molecular weight excluding hydrogens is 322 g/mol. The van der Waals surface area contributed by atoms with Crippen LogP contribution in [-0.4, -0.2) is 17.1 Å². The lowest BCUT2D eigenvalue weighted by Gasteiger charge is -2.19. The van der Waals surface area contributed by atoms with Crippen LogP contribution in [-0.2, 0) is 24.2 Å². The number of benzene rings is 1. The van der Waals surface area contributed by atoms with Gasteiger partial charge in [-0.25, -0.2) is 4.79 Å². The first-order valence-electron chi connectivity index (χ1n) is 8.86. The van der Waals surface area contributed by atoms with Crippen LogP contribution in [0.4, 0.5) is 0 Å². The Kier molecular flexibility index (Phi) is 5.08. The Balaban J connectivity index is 2.03. The van der Waals surface area contributed by atoms with Gasteiger partial charge in [0.05, 0.1) is 11.5 Å². The lowest BCUT2D eigenvalue weighted by Crippen LogP contribution is -2.91. The predicted octanol–water partition coefficient (Wildman–Crippen LogP) is 0.359. The average Bonchev–Trinajstić information content (AvgIpc) is 2.60. The molecule has 134 valence electrons. The predicted molar refractivity (Wildman–Crippen MR) is 90.1 cm³/mol. The highest BCUT2D eigenvalue weighted by Crippen LogP contribution is 2.32. The summed E-state index contributed by atoms with van der Waals surface area (Å²) in [6, 6.07) is 2.68. The maximum Gasteiger partial charge on any atom is 0.339 e. The Morgan fingerprint density at radius 2 is 2.04 bits per heavy atom. The van der Waals surface area contributed by atoms with E-state index in [2.05, 4.69) is 0 Å². The number of aliphatic carboxylic acids is 1. The third kappa shape index (κ3) is 3.39. The topological polar surface area (TPSA) is 107 Å². The van der Waals surface area contributed by atoms with E-state index in [4.69, 9.17) is 4.42 Å². The van der Waals surface area contributed by atoms with Gasteiger partial charge in [-0.1, -0.05) is 13.3 Å². The van der Waals surface area contributed by atoms with E-state index in [1.807, 2.05) is 6.92 Å². The fourth-order valence-corrected chi connectivity index (χ4v) is 3.65. The van der Waals surface area contributed by atoms with Crippen LogP contribution in [0.2, 0.25) is 0 Å². The number of carboxylic acid groups (broad SMARTS) is 1. The molecule has 0 aliphatic heterocycles. The summed E-state index contributed by atoms with van der Waals surface area (Å²) in [5.41, 5.74) is 2.22. The normalized spacial score (nSPS) is 15.1. The third-order valence-electron chi connectivity index (χ3n) is 4.98. The smallest absolute Gasteiger partial charge is 0.339 e. The Morgan fingerprint density at radius 1 is 1.32 bits per heavy atom. The van der Waals surface area contributed by atoms with E-state index in [0.717, 1.165) is 48.6 Å². The molecule has 25 heavy (non-hydrogen) atoms. The number of hydrogen-bond donors (Lipinski definition) is 2. The fraction of sp³-hybridized carbons (Fsp3) is 0.474. The first-order valence-corrected chi connectivity index (χ1v) is 8.86. The maximum atomic E-state index is 12.3. The summed E-state index contributed by atoms with van der Waals surface area (Å²) in [6.45, 7) is 2.12. The Morgan fingerprint density at radius 3 is 2.72 bits per heavy atom. The van der Waals surface area contributed by atoms with Gasteiger partial charge in [0.25, 0.3) is 0 Å². The standard InChI is InChI=1S/C19H23NO5/c1-2-5-15(18(22)23)20-10-14-16(21)9-8-12-11-6-3-4-7-13(11)19(24)25-17(12)14/h8-9,15,20-21H,2-7,10H2,1H3,(H,22,23)/t15-/m1/s1. The van der Waals surface area contributed by atoms with Crippen molar-refractivity contribution in [2.24, 2.45) is 0 Å². The summed E-state index contributed by atoms with van der Waals surface area (Å²) < 4.78 is 5.53. The van der Waals surface area contributed by atoms with E-state index < -0.39 is 12.0 Å². The van der Waals surface area contributed by atoms with Gasteiger partial charge in [-0.3, -0.25) is 0 Å². The van der Waals surface area contributed by atoms with Gasteiger partial charge < -0.3 is 24.7 Å². The molecule has 0 amide bonds. The van der Waals surface area contributed by atoms with Gasteiger partial charge in [0, 0.05) is 17.4 Å². The highest BCUT2D eigenvalue weighted by Gasteiger charge is 2.22. The van der Waals surface area contributed by atoms with Crippen LogP contribution in [0.1, 0.15) is 49.3 Å². The minimum absolute atomic E-state index is 0.0104. The lowest BCUT2D eigenvalue weighted by molar-refractivity contribution is -0.698. The molecule has 1 heterocycles. The van der Waals surface area contributed by atoms with Crippen molar-refractivity contribution in [2.45, 2.75) is 58.0 Å². The highest BCUT2D eigenvalue weighted by atomic mass is 16.4. The maximum absolute atomic E-state index is 12.3. The molecule has 6 heteroatoms. The zero-order valence-corrected chi connectivity index (χ0v) is 14.3. The molecule has 1 aromatic heterocycles. The Labute approximate surface area is 145 Å². The molecule has 1 atom stereocenters. The summed E-state index contributed by atoms with van der Waals surface area (Å²) in [6.07, 6.45) is 4.75. The molecule has 1 aliphatic carbocycles. The van der Waals surface area contributed by atoms with Crippen molar-refractivity contribution in [3.8, 4) is 5.75 Å². The largest absolute Gasteiger partial charge is 0.544 e. The number of phenolic OH excluding ortho intramolecular Hbond substituents is 1. The molecule has 0 fully saturated rings. The number of phenols is 1. The van der Waals surface area contributed by atoms with Crippen LogP contribution < -0.4 is 16.0 Å². The molecular formula is C19H23NO5. The number of carbonyl (C=O) groups is 1. The number of aryl methyl sites for hydroxylation is 1. The average molecular weight is 345 g/mol. The molecule has 0 saturated carbocycles. The van der Waals surface area contributed by atoms with Crippen LogP contribution in [0.5, 0.6) is 5.75 Å². The summed E-state index contributed by atoms with van der Waals surface area (Å²) in [7, 11) is 0. The molecule has 2 aromatic rings. The number of rotatable bonds is 6. The van der Waals surface area contributed by atoms with E-state index in [1.165, 1.54) is 0 Å². The van der Waals surface area contributed by atoms with Crippen molar-refractivity contribution in [2.75, 3.05) is 0 Å². The molecule has 0 radical (unpaired) electrons. The van der Waals surface area contributed by atoms with E-state index in [1.54, 1.807) is 17.4 Å². The zero-order chi connectivity index (χ0) is 18.0. The van der Waals surface area contributed by atoms with Gasteiger partial charge in [-0.2, -0.15) is 0 Å². The highest BCUT2D eigenvalue weighted by molar-refractivity contribution is 5.86. The molecule has 1 aliphatic rings. The van der Waals surface area contributed by atoms with Crippen LogP contribution in [0.25, 0.3) is 11.0 Å². The quantitative estimate of drug-likeness (QED) is 0.735. The van der Waals surface area contributed by atoms with Gasteiger partial charge >= 0.3 is 5.63 Å². The fourth-order valence-electron chi connectivity index (χ4n) is 3.65. The number of aromatic hydroxyl groups is 1. The van der Waals surface area contributed by atoms with E-state index in [9.17, 15) is 19.8 Å². The van der Waals surface area contributed by atoms with Crippen LogP contribution >= 0.6 is 0 Å². The first-order chi connectivity index (χ1) is 12.0. The molecule has 3 rings (SSSR count). The van der Waals surface area contributed by atoms with Crippen molar-refractivity contribution < 1.29 is 24.7 Å². The van der Waals surface area contributed by atoms with E-state index in [0.29, 0.717) is 17.6 Å². The number of quaternary nitrogens is 1. The molecule has 6 nitrogen and oxygen atoms in total. The van der Waals surface area contributed by atoms with Crippen molar-refractivity contribution in [1.29, 1.82) is 0 Å². The molecule has 0 unspecified atom stereocenters. The summed E-state index contributed by atoms with van der Waals surface area (Å²) in [5.74, 6) is -1.11. The van der Waals surface area contributed by atoms with Crippen molar-refractivity contribution in [3.63, 3.8) is 0 Å². The first kappa shape index (κ1) is 17.5. The zero-order valence-electron chi connectivity index (χ0n) is 14.3. The Hall–Kier alpha value is -2.34. The Bertz CT molecular complexity index is 855. The minimum atomic E-state index is -1.12. The third-order valence-corrected chi connectivity index (χ3v) is 4.98. The van der Waals surface area contributed by atoms with Crippen LogP contribution in [0.15, 0.2) is 21.3 Å². The van der Waals surface area contributed by atoms with E-state index >= 15 is 0 Å². The second kappa shape index (κ2) is 7.27. The molecule has 0 bridgehead atoms. The van der Waals surface area contributed by atoms with Gasteiger partial charge in [0.1, 0.15) is 18.3 Å². The summed E-state index contributed by atoms with van der Waals surface area (Å²) >= 11 is 0. The second-order valence-electron chi connectivity index (χ2n) is 6.65. The van der Waals surface area contributed by atoms with Gasteiger partial charge in [0.15, 0.2) is 5.58 Å². The van der Waals surface area contributed by atoms with Crippen LogP contribution in [0.3, 0.4) is 0 Å². The van der Waals surface area contributed by atoms with Crippen LogP contribution in [0, 0.1) is 0 Å². The van der Waals surface area contributed by atoms with Gasteiger partial charge in [0.2, 0.25) is 0 Å². The number of fused-ring (bicyclic) bond motifs is 3. The second-order valence-corrected chi connectivity index (χ2v) is 6.65. The molecule has 1 aromatic carbocycles. The van der Waals surface area contributed by atoms with Gasteiger partial charge in [-0.15, -0.1) is 0 Å².